The predicted octanol–water partition coefficient (Wildman–Crippen LogP) is 3.55. The molecule has 2 aromatic carbocycles. The highest BCUT2D eigenvalue weighted by molar-refractivity contribution is 6.02. The van der Waals surface area contributed by atoms with Crippen LogP contribution in [0.4, 0.5) is 11.5 Å². The second kappa shape index (κ2) is 10.4. The molecule has 0 unspecified atom stereocenters. The summed E-state index contributed by atoms with van der Waals surface area (Å²) in [7, 11) is 0. The van der Waals surface area contributed by atoms with E-state index in [9.17, 15) is 9.59 Å². The number of nitrogen functional groups attached to an aromatic ring is 1. The minimum atomic E-state index is -0.457. The molecule has 1 aliphatic rings. The molecular formula is C29H29N7O4. The highest BCUT2D eigenvalue weighted by Gasteiger charge is 2.25. The standard InChI is InChI=1S/C29H29N7O4/c1-17-5-10-22-21(16-17)18(2)27(40-22)26-24-25(29(38)33-32-28(24)30)34-36(26)20-8-6-19(7-9-20)31-23(37)4-3-11-35-12-14-39-15-13-35/h3-10,16H,11-15H2,1-2H3,(H2,30,32)(H,31,37)(H,33,38)/b4-3+. The van der Waals surface area contributed by atoms with Crippen molar-refractivity contribution < 1.29 is 13.9 Å². The number of fused-ring (bicyclic) bond motifs is 2. The lowest BCUT2D eigenvalue weighted by molar-refractivity contribution is -0.111. The number of nitrogens with one attached hydrogen (secondary N) is 2. The van der Waals surface area contributed by atoms with Crippen molar-refractivity contribution in [3.63, 3.8) is 0 Å². The minimum Gasteiger partial charge on any atom is -0.454 e. The number of aromatic amines is 1. The zero-order valence-corrected chi connectivity index (χ0v) is 22.2. The fraction of sp³-hybridized carbons (Fsp3) is 0.241. The summed E-state index contributed by atoms with van der Waals surface area (Å²) in [4.78, 5) is 27.4. The monoisotopic (exact) mass is 539 g/mol. The van der Waals surface area contributed by atoms with Gasteiger partial charge in [0.1, 0.15) is 11.3 Å². The molecule has 1 aliphatic heterocycles. The van der Waals surface area contributed by atoms with E-state index in [1.54, 1.807) is 16.8 Å². The van der Waals surface area contributed by atoms with E-state index < -0.39 is 5.56 Å². The molecule has 1 fully saturated rings. The molecule has 0 radical (unpaired) electrons. The Hall–Kier alpha value is -4.74. The molecule has 0 aliphatic carbocycles. The lowest BCUT2D eigenvalue weighted by Crippen LogP contribution is -2.36. The van der Waals surface area contributed by atoms with Crippen LogP contribution in [0.2, 0.25) is 0 Å². The zero-order chi connectivity index (χ0) is 27.8. The summed E-state index contributed by atoms with van der Waals surface area (Å²) in [5, 5.41) is 15.2. The Kier molecular flexibility index (Phi) is 6.66. The van der Waals surface area contributed by atoms with Crippen LogP contribution in [-0.2, 0) is 9.53 Å². The van der Waals surface area contributed by atoms with Gasteiger partial charge in [-0.1, -0.05) is 17.7 Å². The van der Waals surface area contributed by atoms with E-state index in [1.807, 2.05) is 44.2 Å². The van der Waals surface area contributed by atoms with Crippen molar-refractivity contribution in [1.29, 1.82) is 0 Å². The second-order valence-electron chi connectivity index (χ2n) is 9.83. The van der Waals surface area contributed by atoms with E-state index in [2.05, 4.69) is 31.6 Å². The quantitative estimate of drug-likeness (QED) is 0.278. The van der Waals surface area contributed by atoms with Crippen LogP contribution in [0.15, 0.2) is 63.8 Å². The van der Waals surface area contributed by atoms with Gasteiger partial charge in [-0.25, -0.2) is 9.78 Å². The number of nitrogens with two attached hydrogens (primary N) is 1. The van der Waals surface area contributed by atoms with Crippen LogP contribution < -0.4 is 16.6 Å². The topological polar surface area (TPSA) is 144 Å². The summed E-state index contributed by atoms with van der Waals surface area (Å²) in [6.45, 7) is 7.83. The molecule has 204 valence electrons. The van der Waals surface area contributed by atoms with Crippen molar-refractivity contribution in [3.05, 3.63) is 76.1 Å². The van der Waals surface area contributed by atoms with Gasteiger partial charge in [-0.2, -0.15) is 10.2 Å². The first-order valence-corrected chi connectivity index (χ1v) is 13.0. The number of furan rings is 1. The zero-order valence-electron chi connectivity index (χ0n) is 22.2. The van der Waals surface area contributed by atoms with Crippen molar-refractivity contribution >= 4 is 39.3 Å². The number of H-pyrrole nitrogens is 1. The van der Waals surface area contributed by atoms with E-state index in [4.69, 9.17) is 14.9 Å². The maximum atomic E-state index is 12.7. The van der Waals surface area contributed by atoms with Gasteiger partial charge in [-0.3, -0.25) is 14.5 Å². The molecule has 6 rings (SSSR count). The number of ether oxygens (including phenoxy) is 1. The average Bonchev–Trinajstić information content (AvgIpc) is 3.51. The molecule has 4 N–H and O–H groups in total. The molecule has 0 bridgehead atoms. The van der Waals surface area contributed by atoms with Crippen LogP contribution in [-0.4, -0.2) is 63.6 Å². The largest absolute Gasteiger partial charge is 0.454 e. The third kappa shape index (κ3) is 4.76. The van der Waals surface area contributed by atoms with E-state index in [0.29, 0.717) is 48.0 Å². The predicted molar refractivity (Wildman–Crippen MR) is 154 cm³/mol. The first-order chi connectivity index (χ1) is 19.4. The fourth-order valence-corrected chi connectivity index (χ4v) is 4.96. The third-order valence-corrected chi connectivity index (χ3v) is 7.06. The second-order valence-corrected chi connectivity index (χ2v) is 9.83. The molecule has 1 saturated heterocycles. The molecule has 3 aromatic heterocycles. The Bertz CT molecular complexity index is 1810. The number of morpholine rings is 1. The van der Waals surface area contributed by atoms with Crippen LogP contribution in [0.1, 0.15) is 11.1 Å². The lowest BCUT2D eigenvalue weighted by atomic mass is 10.1. The average molecular weight is 540 g/mol. The smallest absolute Gasteiger partial charge is 0.292 e. The number of nitrogens with zero attached hydrogens (tertiary/aromatic N) is 4. The molecule has 11 heteroatoms. The number of hydrogen-bond donors (Lipinski definition) is 3. The van der Waals surface area contributed by atoms with Crippen LogP contribution >= 0.6 is 0 Å². The van der Waals surface area contributed by atoms with Crippen molar-refractivity contribution in [1.82, 2.24) is 24.9 Å². The molecule has 0 saturated carbocycles. The number of rotatable bonds is 6. The number of carbonyl (C=O) groups is 1. The molecule has 0 spiro atoms. The van der Waals surface area contributed by atoms with Gasteiger partial charge in [0.15, 0.2) is 17.1 Å². The van der Waals surface area contributed by atoms with Crippen molar-refractivity contribution in [2.45, 2.75) is 13.8 Å². The first-order valence-electron chi connectivity index (χ1n) is 13.0. The van der Waals surface area contributed by atoms with Gasteiger partial charge in [-0.05, 0) is 50.2 Å². The van der Waals surface area contributed by atoms with Gasteiger partial charge >= 0.3 is 0 Å². The number of aromatic nitrogens is 4. The number of benzene rings is 2. The Labute approximate surface area is 229 Å². The fourth-order valence-electron chi connectivity index (χ4n) is 4.96. The number of hydrogen-bond acceptors (Lipinski definition) is 8. The van der Waals surface area contributed by atoms with E-state index in [-0.39, 0.29) is 17.2 Å². The third-order valence-electron chi connectivity index (χ3n) is 7.06. The summed E-state index contributed by atoms with van der Waals surface area (Å²) in [6.07, 6.45) is 3.39. The molecule has 5 aromatic rings. The molecule has 11 nitrogen and oxygen atoms in total. The van der Waals surface area contributed by atoms with E-state index >= 15 is 0 Å². The Morgan fingerprint density at radius 2 is 1.93 bits per heavy atom. The number of carbonyl (C=O) groups excluding carboxylic acids is 1. The summed E-state index contributed by atoms with van der Waals surface area (Å²) in [5.41, 5.74) is 10.5. The number of aryl methyl sites for hydroxylation is 2. The summed E-state index contributed by atoms with van der Waals surface area (Å²) in [5.74, 6) is 0.467. The Morgan fingerprint density at radius 3 is 2.70 bits per heavy atom. The maximum Gasteiger partial charge on any atom is 0.292 e. The number of anilines is 2. The highest BCUT2D eigenvalue weighted by Crippen LogP contribution is 2.39. The first kappa shape index (κ1) is 25.5. The summed E-state index contributed by atoms with van der Waals surface area (Å²) >= 11 is 0. The highest BCUT2D eigenvalue weighted by atomic mass is 16.5. The summed E-state index contributed by atoms with van der Waals surface area (Å²) in [6, 6.07) is 13.1. The van der Waals surface area contributed by atoms with Crippen LogP contribution in [0.5, 0.6) is 0 Å². The van der Waals surface area contributed by atoms with E-state index in [1.165, 1.54) is 6.08 Å². The van der Waals surface area contributed by atoms with E-state index in [0.717, 1.165) is 35.2 Å². The molecular weight excluding hydrogens is 510 g/mol. The Balaban J connectivity index is 1.34. The molecule has 40 heavy (non-hydrogen) atoms. The van der Waals surface area contributed by atoms with Crippen LogP contribution in [0, 0.1) is 13.8 Å². The lowest BCUT2D eigenvalue weighted by Gasteiger charge is -2.25. The van der Waals surface area contributed by atoms with Gasteiger partial charge in [0.05, 0.1) is 24.3 Å². The van der Waals surface area contributed by atoms with Crippen LogP contribution in [0.3, 0.4) is 0 Å². The number of amides is 1. The van der Waals surface area contributed by atoms with Gasteiger partial charge in [0, 0.05) is 42.3 Å². The van der Waals surface area contributed by atoms with Crippen molar-refractivity contribution in [2.24, 2.45) is 0 Å². The van der Waals surface area contributed by atoms with Gasteiger partial charge in [0.2, 0.25) is 5.91 Å². The normalized spacial score (nSPS) is 14.4. The van der Waals surface area contributed by atoms with Gasteiger partial charge in [-0.15, -0.1) is 0 Å². The summed E-state index contributed by atoms with van der Waals surface area (Å²) < 4.78 is 13.3. The molecule has 0 atom stereocenters. The molecule has 1 amide bonds. The Morgan fingerprint density at radius 1 is 1.15 bits per heavy atom. The van der Waals surface area contributed by atoms with Crippen LogP contribution in [0.25, 0.3) is 39.0 Å². The molecule has 4 heterocycles. The van der Waals surface area contributed by atoms with Gasteiger partial charge < -0.3 is 20.2 Å². The maximum absolute atomic E-state index is 12.7. The van der Waals surface area contributed by atoms with Crippen molar-refractivity contribution in [3.8, 4) is 17.1 Å². The van der Waals surface area contributed by atoms with Gasteiger partial charge in [0.25, 0.3) is 5.56 Å². The van der Waals surface area contributed by atoms with Crippen molar-refractivity contribution in [2.75, 3.05) is 43.9 Å². The minimum absolute atomic E-state index is 0.139. The SMILES string of the molecule is Cc1ccc2oc(-c3c4c(N)n[nH]c(=O)c4nn3-c3ccc(NC(=O)/C=C/CN4CCOCC4)cc3)c(C)c2c1.